The first-order valence-corrected chi connectivity index (χ1v) is 9.94. The molecule has 1 aromatic rings. The molecule has 0 saturated carbocycles. The summed E-state index contributed by atoms with van der Waals surface area (Å²) in [7, 11) is -3.09. The number of fused-ring (bicyclic) bond motifs is 1. The first-order chi connectivity index (χ1) is 13.4. The molecule has 2 aliphatic heterocycles. The maximum Gasteiger partial charge on any atom is 0.488 e. The summed E-state index contributed by atoms with van der Waals surface area (Å²) in [5.41, 5.74) is -0.409. The van der Waals surface area contributed by atoms with Crippen LogP contribution >= 0.6 is 23.2 Å². The monoisotopic (exact) mass is 471 g/mol. The van der Waals surface area contributed by atoms with E-state index in [-0.39, 0.29) is 31.4 Å². The largest absolute Gasteiger partial charge is 0.497 e. The molecule has 1 atom stereocenters. The highest BCUT2D eigenvalue weighted by Crippen LogP contribution is 2.27. The first kappa shape index (κ1) is 21.4. The van der Waals surface area contributed by atoms with Crippen molar-refractivity contribution in [1.82, 2.24) is 9.62 Å². The Kier molecular flexibility index (Phi) is 5.56. The van der Waals surface area contributed by atoms with Crippen LogP contribution in [0.4, 0.5) is 13.2 Å². The van der Waals surface area contributed by atoms with Gasteiger partial charge in [-0.1, -0.05) is 23.2 Å². The van der Waals surface area contributed by atoms with Crippen molar-refractivity contribution in [2.75, 3.05) is 13.8 Å². The average Bonchev–Trinajstić information content (AvgIpc) is 3.06. The Balaban J connectivity index is 1.84. The summed E-state index contributed by atoms with van der Waals surface area (Å²) in [6.45, 7) is -0.621. The van der Waals surface area contributed by atoms with Gasteiger partial charge in [0.25, 0.3) is 21.8 Å². The number of hydrogen-bond donors (Lipinski definition) is 2. The summed E-state index contributed by atoms with van der Waals surface area (Å²) in [6.07, 6.45) is -2.99. The predicted octanol–water partition coefficient (Wildman–Crippen LogP) is 1.16. The van der Waals surface area contributed by atoms with Crippen LogP contribution in [-0.2, 0) is 14.8 Å². The minimum atomic E-state index is -4.68. The number of quaternary nitrogens is 1. The fourth-order valence-corrected chi connectivity index (χ4v) is 4.30. The van der Waals surface area contributed by atoms with E-state index in [1.54, 1.807) is 4.72 Å². The molecule has 0 radical (unpaired) electrons. The van der Waals surface area contributed by atoms with Crippen LogP contribution in [-0.4, -0.2) is 45.1 Å². The van der Waals surface area contributed by atoms with E-state index in [0.717, 1.165) is 12.3 Å². The molecule has 1 unspecified atom stereocenters. The van der Waals surface area contributed by atoms with Crippen LogP contribution in [0.5, 0.6) is 5.75 Å². The molecule has 0 bridgehead atoms. The molecule has 0 aromatic heterocycles. The lowest BCUT2D eigenvalue weighted by Crippen LogP contribution is -3.12. The van der Waals surface area contributed by atoms with Crippen molar-refractivity contribution in [1.29, 1.82) is 0 Å². The molecule has 14 heteroatoms. The highest BCUT2D eigenvalue weighted by Gasteiger charge is 2.44. The van der Waals surface area contributed by atoms with E-state index >= 15 is 0 Å². The molecule has 1 aromatic carbocycles. The van der Waals surface area contributed by atoms with Crippen LogP contribution in [0.2, 0.25) is 5.02 Å². The number of carbonyl (C=O) groups excluding carboxylic acids is 1. The molecule has 29 heavy (non-hydrogen) atoms. The minimum absolute atomic E-state index is 0.0216. The minimum Gasteiger partial charge on any atom is -0.497 e. The van der Waals surface area contributed by atoms with Crippen molar-refractivity contribution in [3.8, 4) is 5.75 Å². The molecule has 0 spiro atoms. The number of rotatable bonds is 4. The van der Waals surface area contributed by atoms with Crippen LogP contribution in [0.15, 0.2) is 51.2 Å². The quantitative estimate of drug-likeness (QED) is 0.643. The van der Waals surface area contributed by atoms with Crippen LogP contribution in [0.25, 0.3) is 0 Å². The number of nitrogens with zero attached hydrogens (tertiary/aromatic N) is 2. The number of sulfonamides is 1. The number of benzene rings is 1. The van der Waals surface area contributed by atoms with Gasteiger partial charge in [-0.25, -0.2) is 22.9 Å². The van der Waals surface area contributed by atoms with Gasteiger partial charge in [-0.15, -0.1) is 13.2 Å². The molecule has 2 aliphatic rings. The van der Waals surface area contributed by atoms with Crippen LogP contribution in [0, 0.1) is 0 Å². The molecule has 1 amide bonds. The van der Waals surface area contributed by atoms with E-state index in [9.17, 15) is 26.4 Å². The Bertz CT molecular complexity index is 1070. The second-order valence-corrected chi connectivity index (χ2v) is 8.28. The van der Waals surface area contributed by atoms with Gasteiger partial charge < -0.3 is 4.74 Å². The van der Waals surface area contributed by atoms with Gasteiger partial charge in [0.15, 0.2) is 12.4 Å². The van der Waals surface area contributed by atoms with E-state index < -0.39 is 39.5 Å². The zero-order chi connectivity index (χ0) is 21.6. The molecule has 3 rings (SSSR count). The summed E-state index contributed by atoms with van der Waals surface area (Å²) in [6, 6.07) is 3.81. The number of halogens is 5. The van der Waals surface area contributed by atoms with Crippen LogP contribution < -0.4 is 14.4 Å². The second-order valence-electron chi connectivity index (χ2n) is 5.82. The maximum atomic E-state index is 12.9. The van der Waals surface area contributed by atoms with E-state index in [1.807, 2.05) is 0 Å². The highest BCUT2D eigenvalue weighted by molar-refractivity contribution is 7.90. The van der Waals surface area contributed by atoms with Crippen LogP contribution in [0.3, 0.4) is 0 Å². The van der Waals surface area contributed by atoms with Gasteiger partial charge in [0.2, 0.25) is 0 Å². The summed E-state index contributed by atoms with van der Waals surface area (Å²) >= 11 is 11.7. The fraction of sp³-hybridized carbons (Fsp3) is 0.200. The summed E-state index contributed by atoms with van der Waals surface area (Å²) < 4.78 is 70.4. The van der Waals surface area contributed by atoms with Crippen molar-refractivity contribution in [2.45, 2.75) is 11.2 Å². The Morgan fingerprint density at radius 3 is 2.66 bits per heavy atom. The van der Waals surface area contributed by atoms with Gasteiger partial charge >= 0.3 is 6.30 Å². The number of methoxy groups -OCH3 is 1. The van der Waals surface area contributed by atoms with Gasteiger partial charge in [-0.2, -0.15) is 4.99 Å². The molecule has 0 saturated heterocycles. The topological polar surface area (TPSA) is 92.5 Å². The number of amidine groups is 1. The SMILES string of the molecule is COc1ccc(Cl)c(S(=O)(=O)NC(=O)C2=C[NH+]3CN(C(F)(F)F)C=C(Cl)C3=N2)c1. The summed E-state index contributed by atoms with van der Waals surface area (Å²) in [5.74, 6) is -0.997. The average molecular weight is 472 g/mol. The van der Waals surface area contributed by atoms with Crippen molar-refractivity contribution in [2.24, 2.45) is 4.99 Å². The van der Waals surface area contributed by atoms with Gasteiger partial charge in [-0.05, 0) is 12.1 Å². The third-order valence-electron chi connectivity index (χ3n) is 3.90. The number of carbonyl (C=O) groups is 1. The zero-order valence-corrected chi connectivity index (χ0v) is 16.7. The third-order valence-corrected chi connectivity index (χ3v) is 5.99. The smallest absolute Gasteiger partial charge is 0.488 e. The summed E-state index contributed by atoms with van der Waals surface area (Å²) in [4.78, 5) is 15.9. The Morgan fingerprint density at radius 2 is 2.03 bits per heavy atom. The Labute approximate surface area is 172 Å². The van der Waals surface area contributed by atoms with Crippen molar-refractivity contribution >= 4 is 45.0 Å². The van der Waals surface area contributed by atoms with Crippen molar-refractivity contribution in [3.63, 3.8) is 0 Å². The van der Waals surface area contributed by atoms with Crippen LogP contribution in [0.1, 0.15) is 0 Å². The first-order valence-electron chi connectivity index (χ1n) is 7.71. The third kappa shape index (κ3) is 4.34. The molecular weight excluding hydrogens is 460 g/mol. The molecule has 156 valence electrons. The highest BCUT2D eigenvalue weighted by atomic mass is 35.5. The Hall–Kier alpha value is -2.28. The molecule has 2 N–H and O–H groups in total. The van der Waals surface area contributed by atoms with Gasteiger partial charge in [0.05, 0.1) is 12.1 Å². The number of aliphatic imine (C=N–C) groups is 1. The van der Waals surface area contributed by atoms with Gasteiger partial charge in [0.1, 0.15) is 21.9 Å². The van der Waals surface area contributed by atoms with Gasteiger partial charge in [-0.3, -0.25) is 4.79 Å². The van der Waals surface area contributed by atoms with E-state index in [1.165, 1.54) is 19.2 Å². The number of alkyl halides is 3. The Morgan fingerprint density at radius 1 is 1.34 bits per heavy atom. The summed E-state index contributed by atoms with van der Waals surface area (Å²) in [5, 5.41) is -0.492. The van der Waals surface area contributed by atoms with E-state index in [4.69, 9.17) is 27.9 Å². The lowest BCUT2D eigenvalue weighted by atomic mass is 10.3. The number of hydrogen-bond acceptors (Lipinski definition) is 6. The number of nitrogens with one attached hydrogen (secondary N) is 2. The normalized spacial score (nSPS) is 19.2. The predicted molar refractivity (Wildman–Crippen MR) is 96.5 cm³/mol. The van der Waals surface area contributed by atoms with Crippen molar-refractivity contribution in [3.05, 3.63) is 46.4 Å². The maximum absolute atomic E-state index is 12.9. The number of ether oxygens (including phenoxy) is 1. The van der Waals surface area contributed by atoms with Crippen molar-refractivity contribution < 1.29 is 36.0 Å². The molecule has 0 aliphatic carbocycles. The molecule has 0 fully saturated rings. The lowest BCUT2D eigenvalue weighted by molar-refractivity contribution is -0.763. The molecule has 2 heterocycles. The molecule has 8 nitrogen and oxygen atoms in total. The molecular formula is C15H12Cl2F3N4O4S+. The fourth-order valence-electron chi connectivity index (χ4n) is 2.54. The lowest BCUT2D eigenvalue weighted by Gasteiger charge is -2.28. The van der Waals surface area contributed by atoms with E-state index in [0.29, 0.717) is 6.20 Å². The number of amides is 1. The van der Waals surface area contributed by atoms with Gasteiger partial charge in [0, 0.05) is 12.3 Å². The second kappa shape index (κ2) is 7.52. The van der Waals surface area contributed by atoms with E-state index in [2.05, 4.69) is 4.99 Å². The zero-order valence-electron chi connectivity index (χ0n) is 14.4. The standard InChI is InChI=1S/C15H11Cl2F3N4O4S/c1-28-8-2-3-9(16)12(4-8)29(26,27)22-14(25)11-6-23-7-24(15(18,19)20)5-10(17)13(23)21-11/h2-6H,7H2,1H3,(H,22,25)/p+1.